The third kappa shape index (κ3) is 3.31. The number of hydrogen-bond donors (Lipinski definition) is 0. The summed E-state index contributed by atoms with van der Waals surface area (Å²) in [5.41, 5.74) is 1.11. The van der Waals surface area contributed by atoms with Crippen LogP contribution in [0.2, 0.25) is 0 Å². The van der Waals surface area contributed by atoms with Gasteiger partial charge in [-0.05, 0) is 18.2 Å². The molecule has 0 saturated heterocycles. The zero-order chi connectivity index (χ0) is 13.9. The maximum atomic E-state index is 12.8. The highest BCUT2D eigenvalue weighted by molar-refractivity contribution is 7.07. The van der Waals surface area contributed by atoms with Crippen molar-refractivity contribution in [2.24, 2.45) is 0 Å². The first-order valence-electron chi connectivity index (χ1n) is 5.17. The van der Waals surface area contributed by atoms with Crippen molar-refractivity contribution in [3.8, 4) is 5.75 Å². The number of ether oxygens (including phenoxy) is 1. The fraction of sp³-hybridized carbons (Fsp3) is 0.167. The molecule has 0 saturated carbocycles. The van der Waals surface area contributed by atoms with Gasteiger partial charge < -0.3 is 4.74 Å². The topological polar surface area (TPSA) is 39.2 Å². The summed E-state index contributed by atoms with van der Waals surface area (Å²) in [7, 11) is 0. The Morgan fingerprint density at radius 1 is 1.37 bits per heavy atom. The lowest BCUT2D eigenvalue weighted by Gasteiger charge is -2.13. The molecule has 0 atom stereocenters. The zero-order valence-electron chi connectivity index (χ0n) is 9.48. The van der Waals surface area contributed by atoms with Gasteiger partial charge >= 0.3 is 6.18 Å². The van der Waals surface area contributed by atoms with Gasteiger partial charge in [-0.2, -0.15) is 13.2 Å². The SMILES string of the molecule is O=Cc1ccc(OCc2cscn2)c(C(F)(F)F)c1. The van der Waals surface area contributed by atoms with Gasteiger partial charge in [0.15, 0.2) is 0 Å². The van der Waals surface area contributed by atoms with E-state index in [0.717, 1.165) is 12.1 Å². The van der Waals surface area contributed by atoms with Crippen LogP contribution in [0.5, 0.6) is 5.75 Å². The fourth-order valence-electron chi connectivity index (χ4n) is 1.43. The van der Waals surface area contributed by atoms with Crippen LogP contribution in [-0.2, 0) is 12.8 Å². The Hall–Kier alpha value is -1.89. The van der Waals surface area contributed by atoms with E-state index >= 15 is 0 Å². The molecule has 1 aromatic heterocycles. The summed E-state index contributed by atoms with van der Waals surface area (Å²) in [5.74, 6) is -0.314. The Kier molecular flexibility index (Phi) is 3.84. The summed E-state index contributed by atoms with van der Waals surface area (Å²) in [6, 6.07) is 3.18. The molecule has 2 rings (SSSR count). The maximum Gasteiger partial charge on any atom is 0.419 e. The van der Waals surface area contributed by atoms with Crippen LogP contribution in [0, 0.1) is 0 Å². The lowest BCUT2D eigenvalue weighted by molar-refractivity contribution is -0.139. The molecular weight excluding hydrogens is 279 g/mol. The van der Waals surface area contributed by atoms with Gasteiger partial charge in [-0.25, -0.2) is 4.98 Å². The summed E-state index contributed by atoms with van der Waals surface area (Å²) in [4.78, 5) is 14.4. The van der Waals surface area contributed by atoms with E-state index in [4.69, 9.17) is 4.74 Å². The van der Waals surface area contributed by atoms with Gasteiger partial charge in [-0.1, -0.05) is 0 Å². The van der Waals surface area contributed by atoms with Crippen LogP contribution in [0.1, 0.15) is 21.6 Å². The Labute approximate surface area is 110 Å². The van der Waals surface area contributed by atoms with E-state index in [9.17, 15) is 18.0 Å². The first-order valence-corrected chi connectivity index (χ1v) is 6.11. The quantitative estimate of drug-likeness (QED) is 0.807. The molecule has 0 spiro atoms. The van der Waals surface area contributed by atoms with E-state index in [-0.39, 0.29) is 17.9 Å². The van der Waals surface area contributed by atoms with Crippen LogP contribution in [0.3, 0.4) is 0 Å². The van der Waals surface area contributed by atoms with E-state index in [0.29, 0.717) is 12.0 Å². The summed E-state index contributed by atoms with van der Waals surface area (Å²) < 4.78 is 43.6. The molecule has 0 bridgehead atoms. The third-order valence-electron chi connectivity index (χ3n) is 2.30. The lowest BCUT2D eigenvalue weighted by Crippen LogP contribution is -2.09. The second-order valence-electron chi connectivity index (χ2n) is 3.64. The first-order chi connectivity index (χ1) is 9.00. The number of halogens is 3. The Balaban J connectivity index is 2.26. The highest BCUT2D eigenvalue weighted by atomic mass is 32.1. The first kappa shape index (κ1) is 13.5. The maximum absolute atomic E-state index is 12.8. The predicted molar refractivity (Wildman–Crippen MR) is 63.3 cm³/mol. The Bertz CT molecular complexity index is 567. The average molecular weight is 287 g/mol. The minimum atomic E-state index is -4.57. The number of rotatable bonds is 4. The van der Waals surface area contributed by atoms with Crippen LogP contribution in [0.4, 0.5) is 13.2 Å². The van der Waals surface area contributed by atoms with Gasteiger partial charge in [0.2, 0.25) is 0 Å². The predicted octanol–water partition coefficient (Wildman–Crippen LogP) is 3.55. The van der Waals surface area contributed by atoms with Gasteiger partial charge in [0.25, 0.3) is 0 Å². The molecule has 0 fully saturated rings. The van der Waals surface area contributed by atoms with Crippen LogP contribution in [-0.4, -0.2) is 11.3 Å². The van der Waals surface area contributed by atoms with Crippen molar-refractivity contribution in [1.29, 1.82) is 0 Å². The second kappa shape index (κ2) is 5.40. The normalized spacial score (nSPS) is 11.3. The van der Waals surface area contributed by atoms with E-state index in [2.05, 4.69) is 4.98 Å². The molecule has 1 aromatic carbocycles. The molecule has 3 nitrogen and oxygen atoms in total. The van der Waals surface area contributed by atoms with Crippen LogP contribution in [0.15, 0.2) is 29.1 Å². The van der Waals surface area contributed by atoms with Gasteiger partial charge in [0.05, 0.1) is 16.8 Å². The van der Waals surface area contributed by atoms with Gasteiger partial charge in [0.1, 0.15) is 18.6 Å². The molecule has 0 aliphatic rings. The Morgan fingerprint density at radius 2 is 2.16 bits per heavy atom. The van der Waals surface area contributed by atoms with Crippen LogP contribution in [0.25, 0.3) is 0 Å². The van der Waals surface area contributed by atoms with Gasteiger partial charge in [-0.15, -0.1) is 11.3 Å². The molecule has 0 N–H and O–H groups in total. The van der Waals surface area contributed by atoms with Gasteiger partial charge in [-0.3, -0.25) is 4.79 Å². The molecule has 7 heteroatoms. The zero-order valence-corrected chi connectivity index (χ0v) is 10.3. The van der Waals surface area contributed by atoms with Crippen molar-refractivity contribution < 1.29 is 22.7 Å². The van der Waals surface area contributed by atoms with Crippen LogP contribution < -0.4 is 4.74 Å². The summed E-state index contributed by atoms with van der Waals surface area (Å²) in [5, 5.41) is 1.69. The number of hydrogen-bond acceptors (Lipinski definition) is 4. The summed E-state index contributed by atoms with van der Waals surface area (Å²) in [6.45, 7) is -0.0486. The number of nitrogens with zero attached hydrogens (tertiary/aromatic N) is 1. The van der Waals surface area contributed by atoms with E-state index < -0.39 is 11.7 Å². The molecule has 0 unspecified atom stereocenters. The summed E-state index contributed by atoms with van der Waals surface area (Å²) in [6.07, 6.45) is -4.21. The number of aromatic nitrogens is 1. The molecular formula is C12H8F3NO2S. The standard InChI is InChI=1S/C12H8F3NO2S/c13-12(14,15)10-3-8(4-17)1-2-11(10)18-5-9-6-19-7-16-9/h1-4,6-7H,5H2. The minimum absolute atomic E-state index is 0.0478. The van der Waals surface area contributed by atoms with Crippen molar-refractivity contribution in [2.45, 2.75) is 12.8 Å². The van der Waals surface area contributed by atoms with Crippen LogP contribution >= 0.6 is 11.3 Å². The minimum Gasteiger partial charge on any atom is -0.487 e. The van der Waals surface area contributed by atoms with Crippen molar-refractivity contribution in [3.63, 3.8) is 0 Å². The monoisotopic (exact) mass is 287 g/mol. The number of benzene rings is 1. The number of thiazole rings is 1. The molecule has 0 radical (unpaired) electrons. The van der Waals surface area contributed by atoms with E-state index in [1.54, 1.807) is 10.9 Å². The van der Waals surface area contributed by atoms with Crippen molar-refractivity contribution in [3.05, 3.63) is 45.9 Å². The number of alkyl halides is 3. The number of aldehydes is 1. The average Bonchev–Trinajstić information content (AvgIpc) is 2.88. The van der Waals surface area contributed by atoms with Crippen molar-refractivity contribution in [2.75, 3.05) is 0 Å². The molecule has 1 heterocycles. The molecule has 2 aromatic rings. The van der Waals surface area contributed by atoms with Gasteiger partial charge in [0, 0.05) is 10.9 Å². The third-order valence-corrected chi connectivity index (χ3v) is 2.94. The number of carbonyl (C=O) groups is 1. The van der Waals surface area contributed by atoms with E-state index in [1.807, 2.05) is 0 Å². The summed E-state index contributed by atoms with van der Waals surface area (Å²) >= 11 is 1.33. The van der Waals surface area contributed by atoms with Crippen molar-refractivity contribution >= 4 is 17.6 Å². The van der Waals surface area contributed by atoms with E-state index in [1.165, 1.54) is 17.4 Å². The highest BCUT2D eigenvalue weighted by Gasteiger charge is 2.34. The number of carbonyl (C=O) groups excluding carboxylic acids is 1. The molecule has 0 aliphatic carbocycles. The van der Waals surface area contributed by atoms with Crippen molar-refractivity contribution in [1.82, 2.24) is 4.98 Å². The molecule has 100 valence electrons. The molecule has 0 aliphatic heterocycles. The lowest BCUT2D eigenvalue weighted by atomic mass is 10.1. The highest BCUT2D eigenvalue weighted by Crippen LogP contribution is 2.36. The smallest absolute Gasteiger partial charge is 0.419 e. The molecule has 0 amide bonds. The fourth-order valence-corrected chi connectivity index (χ4v) is 1.97. The second-order valence-corrected chi connectivity index (χ2v) is 4.36. The largest absolute Gasteiger partial charge is 0.487 e. The Morgan fingerprint density at radius 3 is 2.74 bits per heavy atom. The molecule has 19 heavy (non-hydrogen) atoms.